The Hall–Kier alpha value is -2.35. The molecule has 2 aromatic heterocycles. The first-order valence-electron chi connectivity index (χ1n) is 10.3. The standard InChI is InChI=1S/C23H25ClN4O2S/c1-16-21(17(2)30-26-16)15-31-22-20(4-3-9-25-22)23(29)28-12-10-27(11-13-28)14-18-5-7-19(24)8-6-18/h3-9H,10-15H2,1-2H3. The maximum atomic E-state index is 13.2. The Morgan fingerprint density at radius 3 is 2.55 bits per heavy atom. The first-order chi connectivity index (χ1) is 15.0. The number of hydrogen-bond donors (Lipinski definition) is 0. The van der Waals surface area contributed by atoms with E-state index in [1.807, 2.05) is 43.0 Å². The van der Waals surface area contributed by atoms with Gasteiger partial charge in [-0.2, -0.15) is 0 Å². The number of hydrogen-bond acceptors (Lipinski definition) is 6. The third-order valence-electron chi connectivity index (χ3n) is 5.51. The molecule has 6 nitrogen and oxygen atoms in total. The molecule has 31 heavy (non-hydrogen) atoms. The van der Waals surface area contributed by atoms with E-state index in [9.17, 15) is 4.79 Å². The van der Waals surface area contributed by atoms with Crippen LogP contribution in [0.5, 0.6) is 0 Å². The van der Waals surface area contributed by atoms with Gasteiger partial charge < -0.3 is 9.42 Å². The fourth-order valence-corrected chi connectivity index (χ4v) is 4.91. The van der Waals surface area contributed by atoms with Crippen LogP contribution in [0.15, 0.2) is 52.1 Å². The molecule has 0 unspecified atom stereocenters. The van der Waals surface area contributed by atoms with Crippen molar-refractivity contribution in [2.75, 3.05) is 26.2 Å². The second-order valence-electron chi connectivity index (χ2n) is 7.64. The molecule has 1 aliphatic rings. The van der Waals surface area contributed by atoms with Gasteiger partial charge >= 0.3 is 0 Å². The summed E-state index contributed by atoms with van der Waals surface area (Å²) in [7, 11) is 0. The molecule has 0 radical (unpaired) electrons. The number of halogens is 1. The molecule has 0 atom stereocenters. The highest BCUT2D eigenvalue weighted by Gasteiger charge is 2.24. The number of thioether (sulfide) groups is 1. The first-order valence-corrected chi connectivity index (χ1v) is 11.6. The lowest BCUT2D eigenvalue weighted by Crippen LogP contribution is -2.48. The van der Waals surface area contributed by atoms with E-state index in [4.69, 9.17) is 16.1 Å². The third kappa shape index (κ3) is 5.29. The topological polar surface area (TPSA) is 62.5 Å². The van der Waals surface area contributed by atoms with Crippen LogP contribution in [-0.2, 0) is 12.3 Å². The van der Waals surface area contributed by atoms with E-state index in [0.717, 1.165) is 46.7 Å². The second kappa shape index (κ2) is 9.85. The second-order valence-corrected chi connectivity index (χ2v) is 9.04. The molecule has 1 amide bonds. The van der Waals surface area contributed by atoms with Crippen LogP contribution in [0.2, 0.25) is 5.02 Å². The quantitative estimate of drug-likeness (QED) is 0.505. The molecule has 1 saturated heterocycles. The number of nitrogens with zero attached hydrogens (tertiary/aromatic N) is 4. The van der Waals surface area contributed by atoms with E-state index < -0.39 is 0 Å². The van der Waals surface area contributed by atoms with E-state index in [-0.39, 0.29) is 5.91 Å². The fourth-order valence-electron chi connectivity index (χ4n) is 3.64. The van der Waals surface area contributed by atoms with Crippen LogP contribution in [0.3, 0.4) is 0 Å². The van der Waals surface area contributed by atoms with Crippen LogP contribution in [-0.4, -0.2) is 52.0 Å². The Balaban J connectivity index is 1.37. The molecule has 0 bridgehead atoms. The normalized spacial score (nSPS) is 14.7. The van der Waals surface area contributed by atoms with Gasteiger partial charge in [0.15, 0.2) is 0 Å². The van der Waals surface area contributed by atoms with Gasteiger partial charge in [-0.15, -0.1) is 11.8 Å². The molecule has 162 valence electrons. The zero-order valence-electron chi connectivity index (χ0n) is 17.7. The van der Waals surface area contributed by atoms with Crippen molar-refractivity contribution < 1.29 is 9.32 Å². The van der Waals surface area contributed by atoms with Gasteiger partial charge in [0.05, 0.1) is 11.3 Å². The van der Waals surface area contributed by atoms with Gasteiger partial charge in [-0.1, -0.05) is 28.9 Å². The Labute approximate surface area is 191 Å². The summed E-state index contributed by atoms with van der Waals surface area (Å²) in [5, 5.41) is 5.50. The molecule has 3 aromatic rings. The molecule has 0 spiro atoms. The minimum Gasteiger partial charge on any atom is -0.361 e. The van der Waals surface area contributed by atoms with Crippen molar-refractivity contribution in [3.63, 3.8) is 0 Å². The van der Waals surface area contributed by atoms with E-state index in [2.05, 4.69) is 27.2 Å². The number of carbonyl (C=O) groups excluding carboxylic acids is 1. The summed E-state index contributed by atoms with van der Waals surface area (Å²) in [5.74, 6) is 1.53. The van der Waals surface area contributed by atoms with Crippen LogP contribution in [0.25, 0.3) is 0 Å². The number of piperazine rings is 1. The first kappa shape index (κ1) is 21.9. The number of amides is 1. The predicted octanol–water partition coefficient (Wildman–Crippen LogP) is 4.59. The van der Waals surface area contributed by atoms with Crippen molar-refractivity contribution in [2.45, 2.75) is 31.2 Å². The number of benzene rings is 1. The average Bonchev–Trinajstić information content (AvgIpc) is 3.11. The highest BCUT2D eigenvalue weighted by molar-refractivity contribution is 7.98. The fraction of sp³-hybridized carbons (Fsp3) is 0.348. The SMILES string of the molecule is Cc1noc(C)c1CSc1ncccc1C(=O)N1CCN(Cc2ccc(Cl)cc2)CC1. The maximum absolute atomic E-state index is 13.2. The average molecular weight is 457 g/mol. The molecule has 0 N–H and O–H groups in total. The molecule has 8 heteroatoms. The van der Waals surface area contributed by atoms with Crippen molar-refractivity contribution in [3.05, 3.63) is 75.8 Å². The maximum Gasteiger partial charge on any atom is 0.256 e. The van der Waals surface area contributed by atoms with Crippen LogP contribution in [0.4, 0.5) is 0 Å². The van der Waals surface area contributed by atoms with Crippen LogP contribution < -0.4 is 0 Å². The molecular formula is C23H25ClN4O2S. The highest BCUT2D eigenvalue weighted by Crippen LogP contribution is 2.28. The molecule has 0 saturated carbocycles. The Kier molecular flexibility index (Phi) is 6.95. The van der Waals surface area contributed by atoms with Gasteiger partial charge in [0, 0.05) is 55.3 Å². The number of pyridine rings is 1. The van der Waals surface area contributed by atoms with Gasteiger partial charge in [-0.05, 0) is 43.7 Å². The van der Waals surface area contributed by atoms with Crippen LogP contribution >= 0.6 is 23.4 Å². The third-order valence-corrected chi connectivity index (χ3v) is 6.80. The van der Waals surface area contributed by atoms with E-state index in [1.54, 1.807) is 18.0 Å². The summed E-state index contributed by atoms with van der Waals surface area (Å²) >= 11 is 7.52. The number of carbonyl (C=O) groups is 1. The van der Waals surface area contributed by atoms with Crippen molar-refractivity contribution in [1.82, 2.24) is 19.9 Å². The molecule has 1 aliphatic heterocycles. The van der Waals surface area contributed by atoms with Crippen LogP contribution in [0, 0.1) is 13.8 Å². The van der Waals surface area contributed by atoms with Gasteiger partial charge in [0.2, 0.25) is 0 Å². The molecule has 4 rings (SSSR count). The summed E-state index contributed by atoms with van der Waals surface area (Å²) in [4.78, 5) is 22.0. The van der Waals surface area contributed by atoms with Gasteiger partial charge in [-0.3, -0.25) is 9.69 Å². The van der Waals surface area contributed by atoms with Crippen molar-refractivity contribution in [1.29, 1.82) is 0 Å². The monoisotopic (exact) mass is 456 g/mol. The van der Waals surface area contributed by atoms with Gasteiger partial charge in [0.1, 0.15) is 10.8 Å². The summed E-state index contributed by atoms with van der Waals surface area (Å²) in [6, 6.07) is 11.6. The lowest BCUT2D eigenvalue weighted by molar-refractivity contribution is 0.0624. The van der Waals surface area contributed by atoms with Gasteiger partial charge in [0.25, 0.3) is 5.91 Å². The number of aromatic nitrogens is 2. The smallest absolute Gasteiger partial charge is 0.256 e. The van der Waals surface area contributed by atoms with E-state index in [0.29, 0.717) is 24.4 Å². The van der Waals surface area contributed by atoms with Crippen LogP contribution in [0.1, 0.15) is 32.9 Å². The zero-order chi connectivity index (χ0) is 21.8. The molecular weight excluding hydrogens is 432 g/mol. The molecule has 0 aliphatic carbocycles. The summed E-state index contributed by atoms with van der Waals surface area (Å²) in [5.41, 5.74) is 3.83. The largest absolute Gasteiger partial charge is 0.361 e. The van der Waals surface area contributed by atoms with Crippen molar-refractivity contribution in [2.24, 2.45) is 0 Å². The predicted molar refractivity (Wildman–Crippen MR) is 122 cm³/mol. The Bertz CT molecular complexity index is 1030. The Morgan fingerprint density at radius 2 is 1.87 bits per heavy atom. The zero-order valence-corrected chi connectivity index (χ0v) is 19.2. The Morgan fingerprint density at radius 1 is 1.13 bits per heavy atom. The molecule has 3 heterocycles. The van der Waals surface area contributed by atoms with Gasteiger partial charge in [-0.25, -0.2) is 4.98 Å². The lowest BCUT2D eigenvalue weighted by atomic mass is 10.2. The number of aryl methyl sites for hydroxylation is 2. The minimum atomic E-state index is 0.0421. The minimum absolute atomic E-state index is 0.0421. The van der Waals surface area contributed by atoms with Crippen molar-refractivity contribution in [3.8, 4) is 0 Å². The summed E-state index contributed by atoms with van der Waals surface area (Å²) in [6.45, 7) is 7.80. The molecule has 1 aromatic carbocycles. The molecule has 1 fully saturated rings. The van der Waals surface area contributed by atoms with E-state index in [1.165, 1.54) is 5.56 Å². The highest BCUT2D eigenvalue weighted by atomic mass is 35.5. The van der Waals surface area contributed by atoms with Crippen molar-refractivity contribution >= 4 is 29.3 Å². The number of rotatable bonds is 6. The summed E-state index contributed by atoms with van der Waals surface area (Å²) in [6.07, 6.45) is 1.73. The lowest BCUT2D eigenvalue weighted by Gasteiger charge is -2.35. The summed E-state index contributed by atoms with van der Waals surface area (Å²) < 4.78 is 5.24. The van der Waals surface area contributed by atoms with E-state index >= 15 is 0 Å².